The molecule has 1 heterocycles. The number of nitrogens with zero attached hydrogens (tertiary/aromatic N) is 1. The van der Waals surface area contributed by atoms with Crippen molar-refractivity contribution < 1.29 is 14.3 Å². The number of carbonyl (C=O) groups excluding carboxylic acids is 2. The van der Waals surface area contributed by atoms with Gasteiger partial charge in [0.05, 0.1) is 0 Å². The van der Waals surface area contributed by atoms with Gasteiger partial charge in [0.2, 0.25) is 3.79 Å². The van der Waals surface area contributed by atoms with Gasteiger partial charge in [-0.25, -0.2) is 4.79 Å². The van der Waals surface area contributed by atoms with E-state index in [0.29, 0.717) is 12.1 Å². The number of amides is 1. The summed E-state index contributed by atoms with van der Waals surface area (Å²) in [5.41, 5.74) is 2.37. The molecule has 108 valence electrons. The molecule has 2 aromatic rings. The molecular weight excluding hydrogens is 383 g/mol. The van der Waals surface area contributed by atoms with Crippen molar-refractivity contribution in [3.05, 3.63) is 65.5 Å². The predicted octanol–water partition coefficient (Wildman–Crippen LogP) is 3.08. The molecule has 0 aliphatic carbocycles. The van der Waals surface area contributed by atoms with Crippen molar-refractivity contribution in [1.82, 2.24) is 10.3 Å². The van der Waals surface area contributed by atoms with Gasteiger partial charge in [-0.1, -0.05) is 30.3 Å². The van der Waals surface area contributed by atoms with Crippen LogP contribution in [0.4, 0.5) is 4.79 Å². The van der Waals surface area contributed by atoms with Gasteiger partial charge in [0.25, 0.3) is 0 Å². The Morgan fingerprint density at radius 3 is 2.52 bits per heavy atom. The molecular formula is C15H13IN2O3. The van der Waals surface area contributed by atoms with Crippen LogP contribution in [0.25, 0.3) is 0 Å². The lowest BCUT2D eigenvalue weighted by atomic mass is 10.1. The maximum absolute atomic E-state index is 11.6. The first-order valence-electron chi connectivity index (χ1n) is 6.23. The maximum atomic E-state index is 11.6. The number of carbonyl (C=O) groups is 2. The fourth-order valence-corrected chi connectivity index (χ4v) is 1.97. The summed E-state index contributed by atoms with van der Waals surface area (Å²) >= 11 is 1.73. The fourth-order valence-electron chi connectivity index (χ4n) is 1.61. The van der Waals surface area contributed by atoms with Gasteiger partial charge < -0.3 is 10.1 Å². The zero-order valence-corrected chi connectivity index (χ0v) is 13.2. The van der Waals surface area contributed by atoms with Gasteiger partial charge >= 0.3 is 6.09 Å². The van der Waals surface area contributed by atoms with Crippen molar-refractivity contribution in [3.8, 4) is 0 Å². The lowest BCUT2D eigenvalue weighted by molar-refractivity contribution is 0.110. The Hall–Kier alpha value is -1.96. The van der Waals surface area contributed by atoms with E-state index < -0.39 is 6.09 Å². The zero-order valence-electron chi connectivity index (χ0n) is 11.1. The SMILES string of the molecule is O=C(NCc1ccc(C(=O)I)cc1)OCc1cccnc1. The van der Waals surface area contributed by atoms with Gasteiger partial charge in [-0.2, -0.15) is 0 Å². The third-order valence-electron chi connectivity index (χ3n) is 2.71. The van der Waals surface area contributed by atoms with Crippen LogP contribution in [-0.2, 0) is 17.9 Å². The van der Waals surface area contributed by atoms with E-state index >= 15 is 0 Å². The van der Waals surface area contributed by atoms with E-state index in [-0.39, 0.29) is 10.4 Å². The van der Waals surface area contributed by atoms with Crippen LogP contribution >= 0.6 is 22.6 Å². The number of halogens is 1. The van der Waals surface area contributed by atoms with Gasteiger partial charge in [-0.3, -0.25) is 9.78 Å². The molecule has 1 amide bonds. The molecule has 0 unspecified atom stereocenters. The molecule has 2 rings (SSSR count). The third-order valence-corrected chi connectivity index (χ3v) is 3.33. The Bertz CT molecular complexity index is 615. The highest BCUT2D eigenvalue weighted by molar-refractivity contribution is 14.1. The first kappa shape index (κ1) is 15.4. The number of benzene rings is 1. The normalized spacial score (nSPS) is 9.95. The summed E-state index contributed by atoms with van der Waals surface area (Å²) in [5.74, 6) is 0. The van der Waals surface area contributed by atoms with Crippen LogP contribution < -0.4 is 5.32 Å². The van der Waals surface area contributed by atoms with E-state index in [0.717, 1.165) is 11.1 Å². The molecule has 0 fully saturated rings. The number of rotatable bonds is 5. The van der Waals surface area contributed by atoms with Gasteiger partial charge in [-0.05, 0) is 11.6 Å². The van der Waals surface area contributed by atoms with Gasteiger partial charge in [0.15, 0.2) is 0 Å². The number of hydrogen-bond donors (Lipinski definition) is 1. The minimum absolute atomic E-state index is 0.0111. The zero-order chi connectivity index (χ0) is 15.1. The minimum atomic E-state index is -0.493. The lowest BCUT2D eigenvalue weighted by Crippen LogP contribution is -2.23. The Morgan fingerprint density at radius 2 is 1.90 bits per heavy atom. The van der Waals surface area contributed by atoms with E-state index in [1.807, 2.05) is 6.07 Å². The summed E-state index contributed by atoms with van der Waals surface area (Å²) in [6.07, 6.45) is 2.81. The predicted molar refractivity (Wildman–Crippen MR) is 86.1 cm³/mol. The van der Waals surface area contributed by atoms with Crippen LogP contribution in [-0.4, -0.2) is 14.9 Å². The van der Waals surface area contributed by atoms with E-state index in [2.05, 4.69) is 10.3 Å². The Labute approximate surface area is 135 Å². The highest BCUT2D eigenvalue weighted by Crippen LogP contribution is 2.08. The largest absolute Gasteiger partial charge is 0.445 e. The molecule has 0 bridgehead atoms. The second-order valence-electron chi connectivity index (χ2n) is 4.26. The molecule has 0 spiro atoms. The summed E-state index contributed by atoms with van der Waals surface area (Å²) in [4.78, 5) is 26.6. The monoisotopic (exact) mass is 396 g/mol. The highest BCUT2D eigenvalue weighted by Gasteiger charge is 2.04. The van der Waals surface area contributed by atoms with Gasteiger partial charge in [0.1, 0.15) is 6.61 Å². The van der Waals surface area contributed by atoms with Gasteiger partial charge in [0, 0.05) is 52.7 Å². The number of aromatic nitrogens is 1. The second kappa shape index (κ2) is 7.72. The maximum Gasteiger partial charge on any atom is 0.407 e. The number of ether oxygens (including phenoxy) is 1. The molecule has 0 radical (unpaired) electrons. The van der Waals surface area contributed by atoms with Crippen LogP contribution in [0, 0.1) is 0 Å². The molecule has 0 atom stereocenters. The number of hydrogen-bond acceptors (Lipinski definition) is 4. The van der Waals surface area contributed by atoms with E-state index in [9.17, 15) is 9.59 Å². The number of nitrogens with one attached hydrogen (secondary N) is 1. The Kier molecular flexibility index (Phi) is 5.68. The average Bonchev–Trinajstić information content (AvgIpc) is 2.52. The van der Waals surface area contributed by atoms with Crippen LogP contribution in [0.1, 0.15) is 21.5 Å². The van der Waals surface area contributed by atoms with Crippen LogP contribution in [0.3, 0.4) is 0 Å². The molecule has 0 saturated heterocycles. The number of pyridine rings is 1. The lowest BCUT2D eigenvalue weighted by Gasteiger charge is -2.07. The van der Waals surface area contributed by atoms with Crippen molar-refractivity contribution in [2.24, 2.45) is 0 Å². The second-order valence-corrected chi connectivity index (χ2v) is 5.24. The average molecular weight is 396 g/mol. The van der Waals surface area contributed by atoms with Crippen molar-refractivity contribution in [3.63, 3.8) is 0 Å². The molecule has 5 nitrogen and oxygen atoms in total. The molecule has 0 aliphatic rings. The fraction of sp³-hybridized carbons (Fsp3) is 0.133. The van der Waals surface area contributed by atoms with E-state index in [1.54, 1.807) is 65.3 Å². The van der Waals surface area contributed by atoms with Crippen LogP contribution in [0.15, 0.2) is 48.8 Å². The molecule has 1 N–H and O–H groups in total. The highest BCUT2D eigenvalue weighted by atomic mass is 127. The van der Waals surface area contributed by atoms with Crippen molar-refractivity contribution in [2.75, 3.05) is 0 Å². The first-order chi connectivity index (χ1) is 10.1. The Morgan fingerprint density at radius 1 is 1.14 bits per heavy atom. The standard InChI is InChI=1S/C15H13IN2O3/c16-14(19)13-5-3-11(4-6-13)9-18-15(20)21-10-12-2-1-7-17-8-12/h1-8H,9-10H2,(H,18,20). The first-order valence-corrected chi connectivity index (χ1v) is 7.31. The topological polar surface area (TPSA) is 68.3 Å². The molecule has 21 heavy (non-hydrogen) atoms. The smallest absolute Gasteiger partial charge is 0.407 e. The summed E-state index contributed by atoms with van der Waals surface area (Å²) in [6, 6.07) is 10.7. The quantitative estimate of drug-likeness (QED) is 0.623. The number of alkyl carbamates (subject to hydrolysis) is 1. The van der Waals surface area contributed by atoms with Crippen molar-refractivity contribution in [2.45, 2.75) is 13.2 Å². The van der Waals surface area contributed by atoms with E-state index in [1.165, 1.54) is 0 Å². The molecule has 1 aromatic heterocycles. The summed E-state index contributed by atoms with van der Waals surface area (Å²) in [7, 11) is 0. The Balaban J connectivity index is 1.77. The van der Waals surface area contributed by atoms with Crippen LogP contribution in [0.2, 0.25) is 0 Å². The molecule has 6 heteroatoms. The van der Waals surface area contributed by atoms with Crippen molar-refractivity contribution in [1.29, 1.82) is 0 Å². The molecule has 0 saturated carbocycles. The third kappa shape index (κ3) is 5.14. The summed E-state index contributed by atoms with van der Waals surface area (Å²) < 4.78 is 5.06. The van der Waals surface area contributed by atoms with Crippen LogP contribution in [0.5, 0.6) is 0 Å². The summed E-state index contributed by atoms with van der Waals surface area (Å²) in [6.45, 7) is 0.531. The van der Waals surface area contributed by atoms with Crippen molar-refractivity contribution >= 4 is 32.5 Å². The molecule has 1 aromatic carbocycles. The molecule has 0 aliphatic heterocycles. The summed E-state index contributed by atoms with van der Waals surface area (Å²) in [5, 5.41) is 2.65. The minimum Gasteiger partial charge on any atom is -0.445 e. The van der Waals surface area contributed by atoms with Gasteiger partial charge in [-0.15, -0.1) is 0 Å². The van der Waals surface area contributed by atoms with E-state index in [4.69, 9.17) is 4.74 Å².